The number of nitrogen functional groups attached to an aromatic ring is 1. The Labute approximate surface area is 227 Å². The van der Waals surface area contributed by atoms with E-state index >= 15 is 0 Å². The third kappa shape index (κ3) is 5.96. The summed E-state index contributed by atoms with van der Waals surface area (Å²) in [6, 6.07) is 1.24. The van der Waals surface area contributed by atoms with Gasteiger partial charge in [0.15, 0.2) is 17.7 Å². The first-order chi connectivity index (χ1) is 16.8. The van der Waals surface area contributed by atoms with Crippen LogP contribution < -0.4 is 35.3 Å². The van der Waals surface area contributed by atoms with Crippen LogP contribution in [0.1, 0.15) is 22.1 Å². The fourth-order valence-electron chi connectivity index (χ4n) is 3.37. The number of hydrogen-bond donors (Lipinski definition) is 4. The smallest absolute Gasteiger partial charge is 0.518 e. The summed E-state index contributed by atoms with van der Waals surface area (Å²) in [5.41, 5.74) is 3.96. The first-order valence-electron chi connectivity index (χ1n) is 9.80. The van der Waals surface area contributed by atoms with Gasteiger partial charge in [0.25, 0.3) is 0 Å². The minimum atomic E-state index is -5.01. The van der Waals surface area contributed by atoms with Crippen LogP contribution in [-0.2, 0) is 25.4 Å². The molecule has 1 aliphatic heterocycles. The Balaban J connectivity index is 0.00000380. The maximum Gasteiger partial charge on any atom is 1.00 e. The van der Waals surface area contributed by atoms with Gasteiger partial charge in [0.2, 0.25) is 10.3 Å². The van der Waals surface area contributed by atoms with E-state index in [0.29, 0.717) is 12.1 Å². The van der Waals surface area contributed by atoms with Gasteiger partial charge in [-0.2, -0.15) is 13.2 Å². The van der Waals surface area contributed by atoms with Gasteiger partial charge in [0.1, 0.15) is 35.9 Å². The zero-order chi connectivity index (χ0) is 26.4. The monoisotopic (exact) mass is 556 g/mol. The number of rotatable bonds is 6. The first-order valence-corrected chi connectivity index (χ1v) is 11.2. The number of hydrogen-bond acceptors (Lipinski definition) is 12. The van der Waals surface area contributed by atoms with Crippen molar-refractivity contribution in [3.63, 3.8) is 0 Å². The number of phenols is 1. The number of carbonyl (C=O) groups excluding carboxylic acids is 1. The summed E-state index contributed by atoms with van der Waals surface area (Å²) in [7, 11) is -5.01. The maximum absolute atomic E-state index is 12.7. The second-order valence-corrected chi connectivity index (χ2v) is 8.74. The van der Waals surface area contributed by atoms with Gasteiger partial charge in [0, 0.05) is 5.56 Å². The number of ether oxygens (including phenoxy) is 1. The third-order valence-electron chi connectivity index (χ3n) is 5.13. The summed E-state index contributed by atoms with van der Waals surface area (Å²) in [6.45, 7) is -0.906. The zero-order valence-electron chi connectivity index (χ0n) is 18.6. The number of anilines is 1. The van der Waals surface area contributed by atoms with Crippen molar-refractivity contribution in [2.24, 2.45) is 0 Å². The molecule has 14 nitrogen and oxygen atoms in total. The molecule has 3 heterocycles. The average Bonchev–Trinajstić information content (AvgIpc) is 3.33. The van der Waals surface area contributed by atoms with Crippen molar-refractivity contribution in [1.29, 1.82) is 0 Å². The zero-order valence-corrected chi connectivity index (χ0v) is 21.5. The van der Waals surface area contributed by atoms with E-state index in [0.717, 1.165) is 6.33 Å². The van der Waals surface area contributed by atoms with Gasteiger partial charge in [-0.05, 0) is 18.2 Å². The van der Waals surface area contributed by atoms with Gasteiger partial charge in [0.05, 0.1) is 24.4 Å². The summed E-state index contributed by atoms with van der Waals surface area (Å²) in [4.78, 5) is 23.8. The molecule has 0 unspecified atom stereocenters. The van der Waals surface area contributed by atoms with Crippen LogP contribution >= 0.6 is 0 Å². The fourth-order valence-corrected chi connectivity index (χ4v) is 4.03. The molecule has 4 atom stereocenters. The Morgan fingerprint density at radius 1 is 1.22 bits per heavy atom. The van der Waals surface area contributed by atoms with Crippen molar-refractivity contribution in [3.8, 4) is 5.75 Å². The molecule has 1 fully saturated rings. The summed E-state index contributed by atoms with van der Waals surface area (Å²) >= 11 is 0. The number of nitrogens with two attached hydrogens (primary N) is 1. The van der Waals surface area contributed by atoms with Crippen molar-refractivity contribution < 1.29 is 80.2 Å². The van der Waals surface area contributed by atoms with Crippen LogP contribution in [0.3, 0.4) is 0 Å². The predicted octanol–water partition coefficient (Wildman–Crippen LogP) is -2.77. The van der Waals surface area contributed by atoms with Crippen LogP contribution in [0.5, 0.6) is 5.75 Å². The van der Waals surface area contributed by atoms with E-state index in [1.165, 1.54) is 10.9 Å². The minimum absolute atomic E-state index is 0. The Hall–Kier alpha value is -2.58. The van der Waals surface area contributed by atoms with Gasteiger partial charge in [-0.1, -0.05) is 0 Å². The minimum Gasteiger partial charge on any atom is -0.518 e. The second kappa shape index (κ2) is 10.7. The van der Waals surface area contributed by atoms with E-state index in [2.05, 4.69) is 23.9 Å². The van der Waals surface area contributed by atoms with Gasteiger partial charge >= 0.3 is 35.7 Å². The largest absolute Gasteiger partial charge is 1.00 e. The van der Waals surface area contributed by atoms with Crippen molar-refractivity contribution in [2.75, 3.05) is 12.3 Å². The number of nitrogens with zero attached hydrogens (tertiary/aromatic N) is 5. The molecule has 1 aliphatic rings. The number of carbonyl (C=O) groups is 1. The molecular formula is C18H16F3N6NaO8S. The molecule has 0 bridgehead atoms. The number of benzene rings is 1. The van der Waals surface area contributed by atoms with E-state index in [4.69, 9.17) is 10.5 Å². The topological polar surface area (TPSA) is 214 Å². The molecule has 0 saturated carbocycles. The van der Waals surface area contributed by atoms with Crippen molar-refractivity contribution in [1.82, 2.24) is 19.5 Å². The van der Waals surface area contributed by atoms with E-state index in [-0.39, 0.29) is 52.6 Å². The molecule has 2 aromatic heterocycles. The molecule has 194 valence electrons. The molecule has 0 radical (unpaired) electrons. The average molecular weight is 556 g/mol. The molecule has 1 saturated heterocycles. The molecule has 3 aromatic rings. The van der Waals surface area contributed by atoms with Crippen molar-refractivity contribution in [3.05, 3.63) is 46.7 Å². The number of amides is 1. The predicted molar refractivity (Wildman–Crippen MR) is 111 cm³/mol. The van der Waals surface area contributed by atoms with Crippen LogP contribution in [0.25, 0.3) is 15.9 Å². The normalized spacial score (nSPS) is 22.1. The van der Waals surface area contributed by atoms with Crippen LogP contribution in [-0.4, -0.2) is 74.1 Å². The van der Waals surface area contributed by atoms with Crippen molar-refractivity contribution >= 4 is 33.2 Å². The number of aliphatic hydroxyl groups excluding tert-OH is 2. The van der Waals surface area contributed by atoms with Crippen LogP contribution in [0, 0.1) is 0 Å². The first kappa shape index (κ1) is 29.0. The Morgan fingerprint density at radius 2 is 1.92 bits per heavy atom. The number of halogens is 3. The van der Waals surface area contributed by atoms with Gasteiger partial charge < -0.3 is 35.3 Å². The van der Waals surface area contributed by atoms with Crippen LogP contribution in [0.2, 0.25) is 0 Å². The molecule has 19 heteroatoms. The standard InChI is InChI=1S/C18H17F3N6O8S.Na/c19-18(20,21)7-1-2-8(9(28)3-7)16(31)26-36(32,33)34-4-10-12(29)13(30)17(35-10)27-6-25-11-14(22)23-5-24-15(11)27;/h1-3,5-6,10,12-13,17,29-30H,4H2,(H4,22,23,24,26,28,31);/q;+1/p-1/t10-,12-,13-,17-;/m1./s1. The number of fused-ring (bicyclic) bond motifs is 1. The summed E-state index contributed by atoms with van der Waals surface area (Å²) in [5, 5.41) is 30.3. The number of imidazole rings is 1. The summed E-state index contributed by atoms with van der Waals surface area (Å²) < 4.78 is 76.3. The molecule has 4 rings (SSSR count). The van der Waals surface area contributed by atoms with E-state index in [1.807, 2.05) is 0 Å². The van der Waals surface area contributed by atoms with Gasteiger partial charge in [-0.25, -0.2) is 23.4 Å². The Kier molecular flexibility index (Phi) is 8.35. The second-order valence-electron chi connectivity index (χ2n) is 7.47. The molecular weight excluding hydrogens is 540 g/mol. The van der Waals surface area contributed by atoms with E-state index in [9.17, 15) is 41.7 Å². The SMILES string of the molecule is Nc1ncnc2c1ncn2[C@@H]1O[C@H](COS(=O)(=O)[N-]C(=O)c2ccc(C(F)(F)F)cc2O)[C@@H](O)[C@H]1O.[Na+]. The van der Waals surface area contributed by atoms with E-state index in [1.54, 1.807) is 0 Å². The Morgan fingerprint density at radius 3 is 2.57 bits per heavy atom. The van der Waals surface area contributed by atoms with Gasteiger partial charge in [-0.15, -0.1) is 0 Å². The van der Waals surface area contributed by atoms with Crippen LogP contribution in [0.4, 0.5) is 19.0 Å². The fraction of sp³-hybridized carbons (Fsp3) is 0.333. The van der Waals surface area contributed by atoms with Crippen LogP contribution in [0.15, 0.2) is 30.9 Å². The van der Waals surface area contributed by atoms with Gasteiger partial charge in [-0.3, -0.25) is 8.75 Å². The summed E-state index contributed by atoms with van der Waals surface area (Å²) in [6.07, 6.45) is -8.42. The Bertz CT molecular complexity index is 1420. The molecule has 0 aliphatic carbocycles. The number of aromatic hydroxyl groups is 1. The third-order valence-corrected chi connectivity index (χ3v) is 5.95. The summed E-state index contributed by atoms with van der Waals surface area (Å²) in [5.74, 6) is -2.71. The quantitative estimate of drug-likeness (QED) is 0.227. The van der Waals surface area contributed by atoms with E-state index < -0.39 is 70.4 Å². The molecule has 1 amide bonds. The number of aromatic nitrogens is 4. The number of alkyl halides is 3. The number of aliphatic hydroxyl groups is 2. The molecule has 0 spiro atoms. The molecule has 5 N–H and O–H groups in total. The molecule has 37 heavy (non-hydrogen) atoms. The number of phenolic OH excluding ortho intramolecular Hbond substituents is 1. The maximum atomic E-state index is 12.7. The molecule has 1 aromatic carbocycles. The van der Waals surface area contributed by atoms with Crippen molar-refractivity contribution in [2.45, 2.75) is 30.7 Å².